The molecule has 0 N–H and O–H groups in total. The number of piperidine rings is 1. The van der Waals surface area contributed by atoms with Crippen LogP contribution in [0.25, 0.3) is 0 Å². The zero-order valence-electron chi connectivity index (χ0n) is 15.4. The van der Waals surface area contributed by atoms with Gasteiger partial charge in [0.2, 0.25) is 5.91 Å². The van der Waals surface area contributed by atoms with E-state index in [2.05, 4.69) is 0 Å². The van der Waals surface area contributed by atoms with Crippen molar-refractivity contribution in [2.24, 2.45) is 17.8 Å². The molecule has 0 aromatic heterocycles. The summed E-state index contributed by atoms with van der Waals surface area (Å²) in [5, 5.41) is 0. The van der Waals surface area contributed by atoms with Crippen LogP contribution in [0.3, 0.4) is 0 Å². The van der Waals surface area contributed by atoms with Crippen molar-refractivity contribution in [1.82, 2.24) is 4.90 Å². The summed E-state index contributed by atoms with van der Waals surface area (Å²) in [6.07, 6.45) is 4.34. The Morgan fingerprint density at radius 1 is 1.12 bits per heavy atom. The molecule has 1 aliphatic heterocycles. The summed E-state index contributed by atoms with van der Waals surface area (Å²) in [6.45, 7) is 6.91. The molecule has 1 saturated carbocycles. The van der Waals surface area contributed by atoms with Gasteiger partial charge in [0.1, 0.15) is 6.23 Å². The summed E-state index contributed by atoms with van der Waals surface area (Å²) in [5.74, 6) is 1.48. The first-order chi connectivity index (χ1) is 11.4. The third-order valence-corrected chi connectivity index (χ3v) is 7.61. The molecule has 0 aromatic carbocycles. The van der Waals surface area contributed by atoms with E-state index >= 15 is 0 Å². The molecule has 2 aliphatic rings. The van der Waals surface area contributed by atoms with Gasteiger partial charge >= 0.3 is 7.60 Å². The van der Waals surface area contributed by atoms with Gasteiger partial charge in [0, 0.05) is 20.6 Å². The topological polar surface area (TPSA) is 65.1 Å². The van der Waals surface area contributed by atoms with E-state index in [-0.39, 0.29) is 12.1 Å². The monoisotopic (exact) mass is 361 g/mol. The van der Waals surface area contributed by atoms with Crippen molar-refractivity contribution < 1.29 is 23.1 Å². The van der Waals surface area contributed by atoms with E-state index in [1.54, 1.807) is 14.0 Å². The molecule has 2 rings (SSSR count). The zero-order valence-corrected chi connectivity index (χ0v) is 16.3. The molecule has 4 unspecified atom stereocenters. The maximum Gasteiger partial charge on any atom is 0.330 e. The van der Waals surface area contributed by atoms with Gasteiger partial charge < -0.3 is 18.7 Å². The molecule has 4 atom stereocenters. The zero-order chi connectivity index (χ0) is 17.7. The number of ether oxygens (including phenoxy) is 1. The van der Waals surface area contributed by atoms with E-state index < -0.39 is 7.60 Å². The lowest BCUT2D eigenvalue weighted by Crippen LogP contribution is -2.51. The van der Waals surface area contributed by atoms with Crippen LogP contribution in [-0.4, -0.2) is 50.1 Å². The number of carbonyl (C=O) groups excluding carboxylic acids is 1. The first-order valence-electron chi connectivity index (χ1n) is 9.10. The molecular weight excluding hydrogens is 329 g/mol. The maximum absolute atomic E-state index is 12.8. The fourth-order valence-electron chi connectivity index (χ4n) is 4.28. The maximum atomic E-state index is 12.8. The van der Waals surface area contributed by atoms with Gasteiger partial charge in [-0.2, -0.15) is 0 Å². The van der Waals surface area contributed by atoms with Crippen molar-refractivity contribution in [3.05, 3.63) is 0 Å². The van der Waals surface area contributed by atoms with Gasteiger partial charge in [0.05, 0.1) is 19.4 Å². The third-order valence-electron chi connectivity index (χ3n) is 5.34. The van der Waals surface area contributed by atoms with Crippen LogP contribution in [0.2, 0.25) is 0 Å². The molecule has 7 heteroatoms. The number of rotatable bonds is 7. The highest BCUT2D eigenvalue weighted by Crippen LogP contribution is 2.53. The fourth-order valence-corrected chi connectivity index (χ4v) is 6.32. The summed E-state index contributed by atoms with van der Waals surface area (Å²) in [4.78, 5) is 13.7. The SMILES string of the molecule is CCOP(=O)(CC1CCC2CN(C(C)=O)C(OC)CC2C1)OCC. The number of hydrogen-bond donors (Lipinski definition) is 0. The van der Waals surface area contributed by atoms with Crippen molar-refractivity contribution in [3.63, 3.8) is 0 Å². The highest BCUT2D eigenvalue weighted by Gasteiger charge is 2.42. The van der Waals surface area contributed by atoms with E-state index in [1.165, 1.54) is 0 Å². The van der Waals surface area contributed by atoms with E-state index in [0.29, 0.717) is 37.1 Å². The lowest BCUT2D eigenvalue weighted by Gasteiger charge is -2.47. The van der Waals surface area contributed by atoms with Crippen LogP contribution in [0, 0.1) is 17.8 Å². The quantitative estimate of drug-likeness (QED) is 0.649. The Hall–Kier alpha value is -0.420. The van der Waals surface area contributed by atoms with Crippen molar-refractivity contribution in [3.8, 4) is 0 Å². The van der Waals surface area contributed by atoms with Gasteiger partial charge in [-0.1, -0.05) is 0 Å². The van der Waals surface area contributed by atoms with E-state index in [0.717, 1.165) is 32.2 Å². The van der Waals surface area contributed by atoms with Gasteiger partial charge in [-0.05, 0) is 57.3 Å². The van der Waals surface area contributed by atoms with Gasteiger partial charge in [-0.25, -0.2) is 0 Å². The Morgan fingerprint density at radius 2 is 1.79 bits per heavy atom. The molecule has 1 saturated heterocycles. The summed E-state index contributed by atoms with van der Waals surface area (Å²) in [6, 6.07) is 0. The second-order valence-electron chi connectivity index (χ2n) is 6.93. The summed E-state index contributed by atoms with van der Waals surface area (Å²) < 4.78 is 29.2. The summed E-state index contributed by atoms with van der Waals surface area (Å²) in [7, 11) is -1.31. The molecule has 6 nitrogen and oxygen atoms in total. The smallest absolute Gasteiger partial charge is 0.330 e. The Balaban J connectivity index is 1.98. The highest BCUT2D eigenvalue weighted by atomic mass is 31.2. The van der Waals surface area contributed by atoms with Crippen LogP contribution in [-0.2, 0) is 23.1 Å². The molecule has 1 heterocycles. The minimum absolute atomic E-state index is 0.0830. The van der Waals surface area contributed by atoms with Gasteiger partial charge in [0.15, 0.2) is 0 Å². The molecule has 24 heavy (non-hydrogen) atoms. The molecule has 2 fully saturated rings. The van der Waals surface area contributed by atoms with Crippen molar-refractivity contribution in [1.29, 1.82) is 0 Å². The summed E-state index contributed by atoms with van der Waals surface area (Å²) >= 11 is 0. The highest BCUT2D eigenvalue weighted by molar-refractivity contribution is 7.53. The molecule has 1 aliphatic carbocycles. The lowest BCUT2D eigenvalue weighted by atomic mass is 9.71. The second-order valence-corrected chi connectivity index (χ2v) is 9.03. The van der Waals surface area contributed by atoms with Crippen molar-refractivity contribution in [2.75, 3.05) is 33.0 Å². The van der Waals surface area contributed by atoms with Gasteiger partial charge in [-0.3, -0.25) is 9.36 Å². The van der Waals surface area contributed by atoms with Crippen LogP contribution >= 0.6 is 7.60 Å². The third kappa shape index (κ3) is 4.81. The fraction of sp³-hybridized carbons (Fsp3) is 0.941. The number of amides is 1. The average Bonchev–Trinajstić information content (AvgIpc) is 2.53. The van der Waals surface area contributed by atoms with Crippen LogP contribution in [0.5, 0.6) is 0 Å². The first-order valence-corrected chi connectivity index (χ1v) is 10.8. The molecular formula is C17H32NO5P. The van der Waals surface area contributed by atoms with Gasteiger partial charge in [-0.15, -0.1) is 0 Å². The molecule has 0 bridgehead atoms. The van der Waals surface area contributed by atoms with E-state index in [1.807, 2.05) is 18.7 Å². The number of nitrogens with zero attached hydrogens (tertiary/aromatic N) is 1. The van der Waals surface area contributed by atoms with Crippen LogP contribution in [0.15, 0.2) is 0 Å². The predicted octanol–water partition coefficient (Wildman–Crippen LogP) is 3.51. The van der Waals surface area contributed by atoms with Crippen LogP contribution in [0.4, 0.5) is 0 Å². The second kappa shape index (κ2) is 8.79. The van der Waals surface area contributed by atoms with Crippen molar-refractivity contribution in [2.45, 2.75) is 52.7 Å². The minimum atomic E-state index is -2.98. The number of methoxy groups -OCH3 is 1. The van der Waals surface area contributed by atoms with Gasteiger partial charge in [0.25, 0.3) is 0 Å². The lowest BCUT2D eigenvalue weighted by molar-refractivity contribution is -0.153. The molecule has 1 amide bonds. The minimum Gasteiger partial charge on any atom is -0.362 e. The Labute approximate surface area is 145 Å². The number of likely N-dealkylation sites (tertiary alicyclic amines) is 1. The molecule has 0 spiro atoms. The number of hydrogen-bond acceptors (Lipinski definition) is 5. The van der Waals surface area contributed by atoms with Crippen molar-refractivity contribution >= 4 is 13.5 Å². The number of fused-ring (bicyclic) bond motifs is 1. The molecule has 0 aromatic rings. The number of carbonyl (C=O) groups is 1. The predicted molar refractivity (Wildman–Crippen MR) is 92.8 cm³/mol. The standard InChI is InChI=1S/C17H32NO5P/c1-5-22-24(20,23-6-2)12-14-7-8-15-11-18(13(3)19)17(21-4)10-16(15)9-14/h14-17H,5-12H2,1-4H3. The Bertz CT molecular complexity index is 462. The largest absolute Gasteiger partial charge is 0.362 e. The first kappa shape index (κ1) is 19.9. The molecule has 0 radical (unpaired) electrons. The average molecular weight is 361 g/mol. The summed E-state index contributed by atoms with van der Waals surface area (Å²) in [5.41, 5.74) is 0. The Morgan fingerprint density at radius 3 is 2.33 bits per heavy atom. The molecule has 140 valence electrons. The van der Waals surface area contributed by atoms with E-state index in [4.69, 9.17) is 13.8 Å². The van der Waals surface area contributed by atoms with Crippen LogP contribution in [0.1, 0.15) is 46.5 Å². The normalized spacial score (nSPS) is 30.9. The van der Waals surface area contributed by atoms with E-state index in [9.17, 15) is 9.36 Å². The van der Waals surface area contributed by atoms with Crippen LogP contribution < -0.4 is 0 Å². The Kier molecular flexibility index (Phi) is 7.29.